The number of phenolic OH excluding ortho intramolecular Hbond substituents is 1. The van der Waals surface area contributed by atoms with E-state index in [2.05, 4.69) is 13.8 Å². The van der Waals surface area contributed by atoms with E-state index in [0.29, 0.717) is 12.2 Å². The van der Waals surface area contributed by atoms with Crippen LogP contribution in [0.15, 0.2) is 94.7 Å². The van der Waals surface area contributed by atoms with Crippen molar-refractivity contribution in [1.29, 1.82) is 0 Å². The summed E-state index contributed by atoms with van der Waals surface area (Å²) < 4.78 is 78.9. The predicted octanol–water partition coefficient (Wildman–Crippen LogP) is 9.31. The topological polar surface area (TPSA) is 173 Å². The molecule has 13 heteroatoms. The Labute approximate surface area is 345 Å². The second-order valence-electron chi connectivity index (χ2n) is 12.7. The van der Waals surface area contributed by atoms with Gasteiger partial charge < -0.3 is 24.2 Å². The smallest absolute Gasteiger partial charge is 0.872 e. The van der Waals surface area contributed by atoms with E-state index in [1.165, 1.54) is 99.5 Å². The van der Waals surface area contributed by atoms with Crippen LogP contribution in [0.2, 0.25) is 0 Å². The minimum Gasteiger partial charge on any atom is -0.872 e. The van der Waals surface area contributed by atoms with E-state index in [9.17, 15) is 36.2 Å². The quantitative estimate of drug-likeness (QED) is 0.0499. The van der Waals surface area contributed by atoms with Gasteiger partial charge in [-0.2, -0.15) is 8.42 Å². The summed E-state index contributed by atoms with van der Waals surface area (Å²) in [5.41, 5.74) is 1.64. The molecule has 0 unspecified atom stereocenters. The Morgan fingerprint density at radius 1 is 0.585 bits per heavy atom. The zero-order chi connectivity index (χ0) is 38.0. The van der Waals surface area contributed by atoms with Gasteiger partial charge in [0.05, 0.1) is 4.90 Å². The van der Waals surface area contributed by atoms with Crippen molar-refractivity contribution < 1.29 is 45.6 Å². The second-order valence-corrected chi connectivity index (χ2v) is 15.4. The number of aromatic hydroxyl groups is 1. The first-order chi connectivity index (χ1) is 24.8. The molecule has 4 rings (SSSR count). The summed E-state index contributed by atoms with van der Waals surface area (Å²) in [5.74, 6) is 0.219. The number of hydrogen-bond acceptors (Lipinski definition) is 9. The van der Waals surface area contributed by atoms with Crippen molar-refractivity contribution in [1.82, 2.24) is 0 Å². The molecule has 0 bridgehead atoms. The molecule has 0 heterocycles. The number of rotatable bonds is 20. The van der Waals surface area contributed by atoms with Crippen molar-refractivity contribution >= 4 is 58.0 Å². The Morgan fingerprint density at radius 3 is 1.51 bits per heavy atom. The maximum atomic E-state index is 11.7. The fraction of sp³-hybridized carbons (Fsp3) is 0.400. The molecule has 0 aliphatic rings. The summed E-state index contributed by atoms with van der Waals surface area (Å²) in [4.78, 5) is -0.651. The van der Waals surface area contributed by atoms with Crippen LogP contribution >= 0.6 is 0 Å². The fourth-order valence-electron chi connectivity index (χ4n) is 5.54. The van der Waals surface area contributed by atoms with Crippen LogP contribution in [0.4, 0.5) is 0 Å². The van der Waals surface area contributed by atoms with Gasteiger partial charge in [0.1, 0.15) is 43.8 Å². The zero-order valence-electron chi connectivity index (χ0n) is 30.7. The van der Waals surface area contributed by atoms with Crippen LogP contribution in [0.1, 0.15) is 102 Å². The summed E-state index contributed by atoms with van der Waals surface area (Å²) in [6.45, 7) is 4.35. The van der Waals surface area contributed by atoms with Gasteiger partial charge in [0, 0.05) is 6.07 Å². The number of unbranched alkanes of at least 4 members (excludes halogenated alkanes) is 10. The fourth-order valence-corrected chi connectivity index (χ4v) is 6.86. The van der Waals surface area contributed by atoms with Crippen LogP contribution in [0.5, 0.6) is 34.5 Å². The molecule has 10 nitrogen and oxygen atoms in total. The Kier molecular flexibility index (Phi) is 20.8. The van der Waals surface area contributed by atoms with Crippen molar-refractivity contribution in [3.8, 4) is 34.5 Å². The zero-order valence-corrected chi connectivity index (χ0v) is 34.5. The molecule has 0 aliphatic carbocycles. The number of hydrogen-bond donors (Lipinski definition) is 2. The average Bonchev–Trinajstić information content (AvgIpc) is 3.08. The Morgan fingerprint density at radius 2 is 1.04 bits per heavy atom. The minimum absolute atomic E-state index is 0. The van der Waals surface area contributed by atoms with Gasteiger partial charge in [-0.25, -0.2) is 8.42 Å². The first-order valence-corrected chi connectivity index (χ1v) is 20.8. The van der Waals surface area contributed by atoms with Gasteiger partial charge >= 0.3 is 37.7 Å². The third-order valence-electron chi connectivity index (χ3n) is 8.28. The first-order valence-electron chi connectivity index (χ1n) is 17.9. The normalized spacial score (nSPS) is 11.2. The molecule has 284 valence electrons. The van der Waals surface area contributed by atoms with E-state index in [-0.39, 0.29) is 71.4 Å². The van der Waals surface area contributed by atoms with Crippen molar-refractivity contribution in [3.63, 3.8) is 0 Å². The minimum atomic E-state index is -4.68. The summed E-state index contributed by atoms with van der Waals surface area (Å²) in [7, 11) is -9.10. The van der Waals surface area contributed by atoms with Gasteiger partial charge in [-0.15, -0.1) is 5.75 Å². The summed E-state index contributed by atoms with van der Waals surface area (Å²) in [6, 6.07) is 21.1. The van der Waals surface area contributed by atoms with E-state index < -0.39 is 25.1 Å². The van der Waals surface area contributed by atoms with E-state index in [4.69, 9.17) is 9.47 Å². The Bertz CT molecular complexity index is 1780. The molecule has 0 aliphatic heterocycles. The molecular weight excluding hydrogens is 745 g/mol. The molecule has 4 aromatic rings. The molecule has 0 saturated carbocycles. The maximum absolute atomic E-state index is 11.7. The van der Waals surface area contributed by atoms with Crippen LogP contribution in [0, 0.1) is 0 Å². The van der Waals surface area contributed by atoms with E-state index in [0.717, 1.165) is 49.7 Å². The monoisotopic (exact) mass is 794 g/mol. The van der Waals surface area contributed by atoms with Gasteiger partial charge in [-0.1, -0.05) is 108 Å². The predicted molar refractivity (Wildman–Crippen MR) is 205 cm³/mol. The molecule has 0 fully saturated rings. The molecule has 2 N–H and O–H groups in total. The van der Waals surface area contributed by atoms with E-state index >= 15 is 0 Å². The molecular formula is C40H50CaO10S2. The third-order valence-corrected chi connectivity index (χ3v) is 10.0. The van der Waals surface area contributed by atoms with Crippen LogP contribution < -0.4 is 14.6 Å². The summed E-state index contributed by atoms with van der Waals surface area (Å²) >= 11 is 0. The molecule has 0 spiro atoms. The van der Waals surface area contributed by atoms with Gasteiger partial charge in [-0.05, 0) is 85.3 Å². The van der Waals surface area contributed by atoms with Gasteiger partial charge in [0.2, 0.25) is 0 Å². The summed E-state index contributed by atoms with van der Waals surface area (Å²) in [5, 5.41) is 20.9. The van der Waals surface area contributed by atoms with Crippen molar-refractivity contribution in [2.24, 2.45) is 0 Å². The van der Waals surface area contributed by atoms with Gasteiger partial charge in [0.15, 0.2) is 0 Å². The average molecular weight is 795 g/mol. The molecule has 0 radical (unpaired) electrons. The Balaban J connectivity index is 0.000000360. The maximum Gasteiger partial charge on any atom is 2.00 e. The number of benzene rings is 4. The summed E-state index contributed by atoms with van der Waals surface area (Å²) in [6.07, 6.45) is 15.2. The standard InChI is InChI=1S/2C20H26O5S.Ca/c2*1-2-3-4-5-6-7-9-16-12-13-19(20(14-16)26(22,23)24)25-18-11-8-10-17(21)15-18;/h2*8,10-15,21H,2-7,9H2,1H3,(H,22,23,24);/q;;+2/p-2. The van der Waals surface area contributed by atoms with Crippen LogP contribution in [-0.2, 0) is 33.1 Å². The van der Waals surface area contributed by atoms with Crippen LogP contribution in [-0.4, -0.2) is 68.8 Å². The molecule has 0 aromatic heterocycles. The van der Waals surface area contributed by atoms with Crippen molar-refractivity contribution in [3.05, 3.63) is 96.1 Å². The number of aryl methyl sites for hydroxylation is 2. The van der Waals surface area contributed by atoms with Gasteiger partial charge in [0.25, 0.3) is 10.1 Å². The second kappa shape index (κ2) is 23.8. The SMILES string of the molecule is CCCCCCCCc1ccc(Oc2cccc(O)c2)c(S(=O)(=O)O)c1.CCCCCCCCc1ccc(Oc2cccc([O-])c2)c(S(=O)(=O)[O-])c1.[Ca+2]. The number of phenols is 1. The largest absolute Gasteiger partial charge is 2.00 e. The van der Waals surface area contributed by atoms with Crippen molar-refractivity contribution in [2.45, 2.75) is 114 Å². The third kappa shape index (κ3) is 17.4. The molecule has 0 atom stereocenters. The van der Waals surface area contributed by atoms with Crippen LogP contribution in [0.25, 0.3) is 0 Å². The van der Waals surface area contributed by atoms with E-state index in [1.807, 2.05) is 0 Å². The molecule has 0 saturated heterocycles. The molecule has 53 heavy (non-hydrogen) atoms. The van der Waals surface area contributed by atoms with Crippen molar-refractivity contribution in [2.75, 3.05) is 0 Å². The van der Waals surface area contributed by atoms with E-state index in [1.54, 1.807) is 30.3 Å². The van der Waals surface area contributed by atoms with Gasteiger partial charge in [-0.3, -0.25) is 4.55 Å². The molecule has 0 amide bonds. The first kappa shape index (κ1) is 46.3. The Hall–Kier alpha value is -2.84. The van der Waals surface area contributed by atoms with Crippen LogP contribution in [0.3, 0.4) is 0 Å². The number of ether oxygens (including phenoxy) is 2. The molecule has 4 aromatic carbocycles.